The lowest BCUT2D eigenvalue weighted by atomic mass is 10.0. The Bertz CT molecular complexity index is 628. The number of carboxylic acids is 1. The Balaban J connectivity index is 2.11. The number of rotatable bonds is 3. The number of hydrogen-bond acceptors (Lipinski definition) is 5. The molecule has 0 radical (unpaired) electrons. The minimum atomic E-state index is -1.25. The van der Waals surface area contributed by atoms with Gasteiger partial charge in [-0.05, 0) is 18.6 Å². The molecule has 21 heavy (non-hydrogen) atoms. The van der Waals surface area contributed by atoms with Gasteiger partial charge in [0.15, 0.2) is 0 Å². The van der Waals surface area contributed by atoms with Crippen molar-refractivity contribution in [3.05, 3.63) is 29.6 Å². The van der Waals surface area contributed by atoms with Crippen LogP contribution < -0.4 is 5.32 Å². The van der Waals surface area contributed by atoms with E-state index < -0.39 is 23.8 Å². The summed E-state index contributed by atoms with van der Waals surface area (Å²) in [6.45, 7) is 0. The third-order valence-electron chi connectivity index (χ3n) is 3.20. The van der Waals surface area contributed by atoms with Crippen molar-refractivity contribution in [2.75, 3.05) is 7.05 Å². The van der Waals surface area contributed by atoms with Gasteiger partial charge in [0.25, 0.3) is 11.8 Å². The summed E-state index contributed by atoms with van der Waals surface area (Å²) in [6.07, 6.45) is 1.60. The monoisotopic (exact) mass is 291 g/mol. The second-order valence-electron chi connectivity index (χ2n) is 4.59. The maximum atomic E-state index is 12.0. The SMILES string of the molecule is CN1C(=O)CCC(NC(=O)c2ccnc(C(=O)O)c2)C1=O. The molecule has 1 aliphatic heterocycles. The topological polar surface area (TPSA) is 117 Å². The molecule has 0 aliphatic carbocycles. The fraction of sp³-hybridized carbons (Fsp3) is 0.308. The predicted octanol–water partition coefficient (Wildman–Crippen LogP) is -0.343. The van der Waals surface area contributed by atoms with Crippen molar-refractivity contribution in [2.24, 2.45) is 0 Å². The van der Waals surface area contributed by atoms with Gasteiger partial charge >= 0.3 is 5.97 Å². The first-order valence-electron chi connectivity index (χ1n) is 6.20. The van der Waals surface area contributed by atoms with Gasteiger partial charge in [-0.1, -0.05) is 0 Å². The van der Waals surface area contributed by atoms with Gasteiger partial charge in [0.05, 0.1) is 0 Å². The van der Waals surface area contributed by atoms with Crippen LogP contribution in [0.1, 0.15) is 33.7 Å². The second kappa shape index (κ2) is 5.70. The molecule has 1 atom stereocenters. The number of aromatic carboxylic acids is 1. The van der Waals surface area contributed by atoms with Crippen LogP contribution in [0.5, 0.6) is 0 Å². The molecule has 3 amide bonds. The highest BCUT2D eigenvalue weighted by Crippen LogP contribution is 2.12. The molecule has 0 saturated carbocycles. The molecule has 1 aliphatic rings. The number of pyridine rings is 1. The van der Waals surface area contributed by atoms with Crippen LogP contribution in [0.25, 0.3) is 0 Å². The Labute approximate surface area is 119 Å². The zero-order valence-electron chi connectivity index (χ0n) is 11.2. The third kappa shape index (κ3) is 3.04. The minimum Gasteiger partial charge on any atom is -0.477 e. The van der Waals surface area contributed by atoms with E-state index in [2.05, 4.69) is 10.3 Å². The summed E-state index contributed by atoms with van der Waals surface area (Å²) in [6, 6.07) is 1.69. The number of likely N-dealkylation sites (tertiary alicyclic amines) is 1. The van der Waals surface area contributed by atoms with Gasteiger partial charge in [-0.2, -0.15) is 0 Å². The van der Waals surface area contributed by atoms with Crippen molar-refractivity contribution in [2.45, 2.75) is 18.9 Å². The van der Waals surface area contributed by atoms with E-state index in [1.54, 1.807) is 0 Å². The highest BCUT2D eigenvalue weighted by molar-refractivity contribution is 6.04. The molecule has 1 unspecified atom stereocenters. The van der Waals surface area contributed by atoms with Crippen molar-refractivity contribution < 1.29 is 24.3 Å². The Kier molecular flexibility index (Phi) is 3.97. The highest BCUT2D eigenvalue weighted by Gasteiger charge is 2.32. The number of piperidine rings is 1. The molecule has 0 spiro atoms. The molecule has 2 N–H and O–H groups in total. The molecule has 2 rings (SSSR count). The van der Waals surface area contributed by atoms with Crippen molar-refractivity contribution in [3.63, 3.8) is 0 Å². The molecule has 1 fully saturated rings. The van der Waals surface area contributed by atoms with Crippen molar-refractivity contribution in [3.8, 4) is 0 Å². The quantitative estimate of drug-likeness (QED) is 0.736. The summed E-state index contributed by atoms with van der Waals surface area (Å²) in [7, 11) is 1.36. The van der Waals surface area contributed by atoms with Crippen LogP contribution in [0.4, 0.5) is 0 Å². The van der Waals surface area contributed by atoms with Crippen molar-refractivity contribution in [1.29, 1.82) is 0 Å². The molecule has 0 bridgehead atoms. The number of hydrogen-bond donors (Lipinski definition) is 2. The van der Waals surface area contributed by atoms with E-state index in [-0.39, 0.29) is 30.0 Å². The molecule has 2 heterocycles. The van der Waals surface area contributed by atoms with Gasteiger partial charge in [0.2, 0.25) is 5.91 Å². The lowest BCUT2D eigenvalue weighted by molar-refractivity contribution is -0.147. The molecule has 1 saturated heterocycles. The first-order chi connectivity index (χ1) is 9.90. The number of nitrogens with one attached hydrogen (secondary N) is 1. The van der Waals surface area contributed by atoms with Crippen LogP contribution in [-0.4, -0.2) is 51.8 Å². The molecule has 110 valence electrons. The summed E-state index contributed by atoms with van der Waals surface area (Å²) in [5.74, 6) is -2.60. The van der Waals surface area contributed by atoms with Crippen molar-refractivity contribution in [1.82, 2.24) is 15.2 Å². The fourth-order valence-electron chi connectivity index (χ4n) is 1.98. The molecule has 1 aromatic rings. The van der Waals surface area contributed by atoms with Gasteiger partial charge in [0.1, 0.15) is 11.7 Å². The van der Waals surface area contributed by atoms with Gasteiger partial charge < -0.3 is 10.4 Å². The van der Waals surface area contributed by atoms with Crippen LogP contribution in [0.15, 0.2) is 18.3 Å². The standard InChI is InChI=1S/C13H13N3O5/c1-16-10(17)3-2-8(12(16)19)15-11(18)7-4-5-14-9(6-7)13(20)21/h4-6,8H,2-3H2,1H3,(H,15,18)(H,20,21). The summed E-state index contributed by atoms with van der Waals surface area (Å²) in [5.41, 5.74) is -0.167. The first-order valence-corrected chi connectivity index (χ1v) is 6.20. The van der Waals surface area contributed by atoms with Gasteiger partial charge in [-0.15, -0.1) is 0 Å². The highest BCUT2D eigenvalue weighted by atomic mass is 16.4. The molecule has 0 aromatic carbocycles. The fourth-order valence-corrected chi connectivity index (χ4v) is 1.98. The van der Waals surface area contributed by atoms with E-state index >= 15 is 0 Å². The summed E-state index contributed by atoms with van der Waals surface area (Å²) in [4.78, 5) is 50.6. The zero-order valence-corrected chi connectivity index (χ0v) is 11.2. The largest absolute Gasteiger partial charge is 0.477 e. The third-order valence-corrected chi connectivity index (χ3v) is 3.20. The number of nitrogens with zero attached hydrogens (tertiary/aromatic N) is 2. The number of amides is 3. The lowest BCUT2D eigenvalue weighted by Gasteiger charge is -2.28. The lowest BCUT2D eigenvalue weighted by Crippen LogP contribution is -2.52. The number of carboxylic acid groups (broad SMARTS) is 1. The smallest absolute Gasteiger partial charge is 0.354 e. The number of aromatic nitrogens is 1. The maximum Gasteiger partial charge on any atom is 0.354 e. The Morgan fingerprint density at radius 3 is 2.81 bits per heavy atom. The Morgan fingerprint density at radius 2 is 2.14 bits per heavy atom. The predicted molar refractivity (Wildman–Crippen MR) is 69.5 cm³/mol. The van der Waals surface area contributed by atoms with Gasteiger partial charge in [-0.3, -0.25) is 19.3 Å². The Morgan fingerprint density at radius 1 is 1.43 bits per heavy atom. The van der Waals surface area contributed by atoms with Gasteiger partial charge in [0, 0.05) is 25.2 Å². The molecule has 1 aromatic heterocycles. The normalized spacial score (nSPS) is 18.5. The number of carbonyl (C=O) groups is 4. The van der Waals surface area contributed by atoms with E-state index in [1.165, 1.54) is 19.3 Å². The van der Waals surface area contributed by atoms with E-state index in [0.717, 1.165) is 11.0 Å². The van der Waals surface area contributed by atoms with Crippen LogP contribution in [0, 0.1) is 0 Å². The van der Waals surface area contributed by atoms with Crippen LogP contribution >= 0.6 is 0 Å². The van der Waals surface area contributed by atoms with E-state index in [0.29, 0.717) is 0 Å². The van der Waals surface area contributed by atoms with Crippen LogP contribution in [-0.2, 0) is 9.59 Å². The van der Waals surface area contributed by atoms with Crippen LogP contribution in [0.2, 0.25) is 0 Å². The molecular weight excluding hydrogens is 278 g/mol. The number of imide groups is 1. The van der Waals surface area contributed by atoms with Crippen molar-refractivity contribution >= 4 is 23.7 Å². The summed E-state index contributed by atoms with van der Waals surface area (Å²) in [5, 5.41) is 11.3. The molecular formula is C13H13N3O5. The number of carbonyl (C=O) groups excluding carboxylic acids is 3. The van der Waals surface area contributed by atoms with E-state index in [9.17, 15) is 19.2 Å². The number of likely N-dealkylation sites (N-methyl/N-ethyl adjacent to an activating group) is 1. The van der Waals surface area contributed by atoms with Crippen LogP contribution in [0.3, 0.4) is 0 Å². The van der Waals surface area contributed by atoms with Gasteiger partial charge in [-0.25, -0.2) is 9.78 Å². The minimum absolute atomic E-state index is 0.0924. The maximum absolute atomic E-state index is 12.0. The second-order valence-corrected chi connectivity index (χ2v) is 4.59. The van der Waals surface area contributed by atoms with E-state index in [1.807, 2.05) is 0 Å². The average molecular weight is 291 g/mol. The Hall–Kier alpha value is -2.77. The summed E-state index contributed by atoms with van der Waals surface area (Å²) < 4.78 is 0. The summed E-state index contributed by atoms with van der Waals surface area (Å²) >= 11 is 0. The van der Waals surface area contributed by atoms with E-state index in [4.69, 9.17) is 5.11 Å². The first kappa shape index (κ1) is 14.6. The molecule has 8 heteroatoms. The molecule has 8 nitrogen and oxygen atoms in total. The zero-order chi connectivity index (χ0) is 15.6. The average Bonchev–Trinajstić information content (AvgIpc) is 2.48.